The van der Waals surface area contributed by atoms with Crippen molar-refractivity contribution >= 4 is 5.97 Å². The summed E-state index contributed by atoms with van der Waals surface area (Å²) in [6.45, 7) is 5.60. The van der Waals surface area contributed by atoms with Gasteiger partial charge in [-0.3, -0.25) is 4.79 Å². The molecule has 0 aromatic heterocycles. The minimum atomic E-state index is -0.292. The van der Waals surface area contributed by atoms with Gasteiger partial charge in [-0.05, 0) is 13.3 Å². The summed E-state index contributed by atoms with van der Waals surface area (Å²) in [6.07, 6.45) is 5.65. The van der Waals surface area contributed by atoms with E-state index in [1.54, 1.807) is 0 Å². The molecular formula is C12H20O4. The van der Waals surface area contributed by atoms with Crippen LogP contribution in [0.2, 0.25) is 0 Å². The van der Waals surface area contributed by atoms with Crippen LogP contribution in [0.3, 0.4) is 0 Å². The fourth-order valence-corrected chi connectivity index (χ4v) is 1.56. The van der Waals surface area contributed by atoms with E-state index in [9.17, 15) is 4.79 Å². The fourth-order valence-electron chi connectivity index (χ4n) is 1.56. The lowest BCUT2D eigenvalue weighted by Gasteiger charge is -2.12. The molecule has 1 heterocycles. The Balaban J connectivity index is 2.42. The summed E-state index contributed by atoms with van der Waals surface area (Å²) in [7, 11) is 0. The second-order valence-electron chi connectivity index (χ2n) is 3.86. The summed E-state index contributed by atoms with van der Waals surface area (Å²) >= 11 is 0. The van der Waals surface area contributed by atoms with Crippen LogP contribution < -0.4 is 0 Å². The molecule has 0 N–H and O–H groups in total. The highest BCUT2D eigenvalue weighted by molar-refractivity contribution is 5.65. The second kappa shape index (κ2) is 6.66. The Bertz CT molecular complexity index is 249. The van der Waals surface area contributed by atoms with Crippen molar-refractivity contribution in [2.24, 2.45) is 0 Å². The molecule has 16 heavy (non-hydrogen) atoms. The number of carbonyl (C=O) groups is 1. The van der Waals surface area contributed by atoms with Crippen LogP contribution in [0.1, 0.15) is 33.6 Å². The Hall–Kier alpha value is -0.870. The van der Waals surface area contributed by atoms with Crippen LogP contribution in [0.4, 0.5) is 0 Å². The zero-order valence-corrected chi connectivity index (χ0v) is 10.1. The first-order valence-corrected chi connectivity index (χ1v) is 5.74. The van der Waals surface area contributed by atoms with E-state index in [1.807, 2.05) is 13.0 Å². The van der Waals surface area contributed by atoms with Gasteiger partial charge in [-0.1, -0.05) is 25.5 Å². The van der Waals surface area contributed by atoms with Gasteiger partial charge in [0, 0.05) is 6.92 Å². The third-order valence-electron chi connectivity index (χ3n) is 2.31. The minimum absolute atomic E-state index is 0.110. The predicted octanol–water partition coefficient (Wildman–Crippen LogP) is 2.04. The van der Waals surface area contributed by atoms with Crippen LogP contribution in [0, 0.1) is 0 Å². The van der Waals surface area contributed by atoms with E-state index < -0.39 is 0 Å². The van der Waals surface area contributed by atoms with Crippen LogP contribution >= 0.6 is 0 Å². The van der Waals surface area contributed by atoms with E-state index in [0.717, 1.165) is 12.8 Å². The maximum Gasteiger partial charge on any atom is 0.302 e. The van der Waals surface area contributed by atoms with Gasteiger partial charge in [-0.25, -0.2) is 0 Å². The Morgan fingerprint density at radius 3 is 2.81 bits per heavy atom. The Morgan fingerprint density at radius 2 is 2.19 bits per heavy atom. The normalized spacial score (nSPS) is 29.8. The van der Waals surface area contributed by atoms with Gasteiger partial charge < -0.3 is 14.2 Å². The van der Waals surface area contributed by atoms with Crippen LogP contribution in [0.25, 0.3) is 0 Å². The molecular weight excluding hydrogens is 208 g/mol. The van der Waals surface area contributed by atoms with Gasteiger partial charge >= 0.3 is 5.97 Å². The summed E-state index contributed by atoms with van der Waals surface area (Å²) in [4.78, 5) is 10.7. The average Bonchev–Trinajstić information content (AvgIpc) is 2.56. The molecule has 0 unspecified atom stereocenters. The first kappa shape index (κ1) is 13.2. The monoisotopic (exact) mass is 228 g/mol. The van der Waals surface area contributed by atoms with E-state index >= 15 is 0 Å². The van der Waals surface area contributed by atoms with Crippen molar-refractivity contribution in [1.82, 2.24) is 0 Å². The number of esters is 1. The average molecular weight is 228 g/mol. The first-order valence-electron chi connectivity index (χ1n) is 5.74. The Kier molecular flexibility index (Phi) is 5.49. The predicted molar refractivity (Wildman–Crippen MR) is 59.9 cm³/mol. The summed E-state index contributed by atoms with van der Waals surface area (Å²) < 4.78 is 16.0. The largest absolute Gasteiger partial charge is 0.463 e. The summed E-state index contributed by atoms with van der Waals surface area (Å²) in [5.74, 6) is -0.292. The molecule has 0 aromatic carbocycles. The summed E-state index contributed by atoms with van der Waals surface area (Å²) in [6, 6.07) is 0. The lowest BCUT2D eigenvalue weighted by molar-refractivity contribution is -0.145. The molecule has 0 bridgehead atoms. The number of hydrogen-bond donors (Lipinski definition) is 0. The van der Waals surface area contributed by atoms with Crippen molar-refractivity contribution in [3.8, 4) is 0 Å². The lowest BCUT2D eigenvalue weighted by Crippen LogP contribution is -2.27. The van der Waals surface area contributed by atoms with Crippen LogP contribution in [0.15, 0.2) is 12.2 Å². The number of hydrogen-bond acceptors (Lipinski definition) is 4. The van der Waals surface area contributed by atoms with E-state index in [4.69, 9.17) is 14.2 Å². The molecule has 0 amide bonds. The first-order chi connectivity index (χ1) is 7.63. The third kappa shape index (κ3) is 4.33. The molecule has 0 aromatic rings. The van der Waals surface area contributed by atoms with Crippen molar-refractivity contribution in [2.45, 2.75) is 52.1 Å². The molecule has 92 valence electrons. The van der Waals surface area contributed by atoms with E-state index in [1.165, 1.54) is 6.92 Å². The van der Waals surface area contributed by atoms with Gasteiger partial charge in [0.15, 0.2) is 6.29 Å². The van der Waals surface area contributed by atoms with Crippen LogP contribution in [-0.2, 0) is 19.0 Å². The molecule has 0 aliphatic carbocycles. The third-order valence-corrected chi connectivity index (χ3v) is 2.31. The zero-order valence-electron chi connectivity index (χ0n) is 10.1. The molecule has 1 rings (SSSR count). The molecule has 4 heteroatoms. The second-order valence-corrected chi connectivity index (χ2v) is 3.86. The molecule has 0 radical (unpaired) electrons. The molecule has 4 nitrogen and oxygen atoms in total. The van der Waals surface area contributed by atoms with Crippen LogP contribution in [0.5, 0.6) is 0 Å². The van der Waals surface area contributed by atoms with Crippen LogP contribution in [-0.4, -0.2) is 31.1 Å². The topological polar surface area (TPSA) is 44.8 Å². The molecule has 0 spiro atoms. The van der Waals surface area contributed by atoms with Gasteiger partial charge in [0.25, 0.3) is 0 Å². The summed E-state index contributed by atoms with van der Waals surface area (Å²) in [5.41, 5.74) is 0. The zero-order chi connectivity index (χ0) is 12.0. The molecule has 0 saturated carbocycles. The fraction of sp³-hybridized carbons (Fsp3) is 0.750. The highest BCUT2D eigenvalue weighted by atomic mass is 16.7. The maximum absolute atomic E-state index is 10.7. The maximum atomic E-state index is 10.7. The molecule has 1 aliphatic heterocycles. The molecule has 3 atom stereocenters. The highest BCUT2D eigenvalue weighted by Crippen LogP contribution is 2.20. The quantitative estimate of drug-likeness (QED) is 0.533. The Labute approximate surface area is 96.6 Å². The SMILES string of the molecule is CCC/C=C\[C@@H]1O[C@H](C)O[C@@H]1COC(C)=O. The Morgan fingerprint density at radius 1 is 1.44 bits per heavy atom. The van der Waals surface area contributed by atoms with Gasteiger partial charge in [-0.15, -0.1) is 0 Å². The lowest BCUT2D eigenvalue weighted by atomic mass is 10.2. The van der Waals surface area contributed by atoms with Crippen molar-refractivity contribution in [2.75, 3.05) is 6.61 Å². The van der Waals surface area contributed by atoms with Gasteiger partial charge in [-0.2, -0.15) is 0 Å². The van der Waals surface area contributed by atoms with Gasteiger partial charge in [0.1, 0.15) is 18.8 Å². The van der Waals surface area contributed by atoms with Gasteiger partial charge in [0.2, 0.25) is 0 Å². The van der Waals surface area contributed by atoms with Crippen molar-refractivity contribution < 1.29 is 19.0 Å². The standard InChI is InChI=1S/C12H20O4/c1-4-5-6-7-11-12(8-14-9(2)13)16-10(3)15-11/h6-7,10-12H,4-5,8H2,1-3H3/b7-6-/t10-,11-,12+/m0/s1. The van der Waals surface area contributed by atoms with E-state index in [0.29, 0.717) is 0 Å². The number of ether oxygens (including phenoxy) is 3. The number of unbranched alkanes of at least 4 members (excludes halogenated alkanes) is 1. The van der Waals surface area contributed by atoms with E-state index in [2.05, 4.69) is 13.0 Å². The molecule has 1 saturated heterocycles. The summed E-state index contributed by atoms with van der Waals surface area (Å²) in [5, 5.41) is 0. The minimum Gasteiger partial charge on any atom is -0.463 e. The van der Waals surface area contributed by atoms with Crippen molar-refractivity contribution in [3.05, 3.63) is 12.2 Å². The van der Waals surface area contributed by atoms with Gasteiger partial charge in [0.05, 0.1) is 0 Å². The van der Waals surface area contributed by atoms with Crippen molar-refractivity contribution in [1.29, 1.82) is 0 Å². The highest BCUT2D eigenvalue weighted by Gasteiger charge is 2.32. The van der Waals surface area contributed by atoms with Crippen molar-refractivity contribution in [3.63, 3.8) is 0 Å². The number of rotatable bonds is 5. The number of carbonyl (C=O) groups excluding carboxylic acids is 1. The molecule has 1 fully saturated rings. The molecule has 1 aliphatic rings. The smallest absolute Gasteiger partial charge is 0.302 e. The van der Waals surface area contributed by atoms with E-state index in [-0.39, 0.29) is 31.1 Å². The number of allylic oxidation sites excluding steroid dienone is 1.